The third-order valence-electron chi connectivity index (χ3n) is 15.5. The molecule has 20 nitrogen and oxygen atoms in total. The summed E-state index contributed by atoms with van der Waals surface area (Å²) in [6.07, 6.45) is 9.70. The van der Waals surface area contributed by atoms with Gasteiger partial charge in [0.25, 0.3) is 0 Å². The van der Waals surface area contributed by atoms with Crippen LogP contribution in [0.4, 0.5) is 23.5 Å². The molecule has 0 saturated carbocycles. The predicted molar refractivity (Wildman–Crippen MR) is 314 cm³/mol. The van der Waals surface area contributed by atoms with E-state index in [0.29, 0.717) is 81.6 Å². The molecule has 2 aromatic heterocycles. The zero-order valence-electron chi connectivity index (χ0n) is 48.8. The van der Waals surface area contributed by atoms with Crippen molar-refractivity contribution in [1.29, 1.82) is 0 Å². The third kappa shape index (κ3) is 18.8. The summed E-state index contributed by atoms with van der Waals surface area (Å²) >= 11 is 0. The Morgan fingerprint density at radius 1 is 0.637 bits per heavy atom. The van der Waals surface area contributed by atoms with E-state index in [9.17, 15) is 24.3 Å². The molecule has 2 aliphatic heterocycles. The fourth-order valence-electron chi connectivity index (χ4n) is 10.8. The molecule has 2 aromatic carbocycles. The number of benzene rings is 2. The number of anilines is 4. The Bertz CT molecular complexity index is 2450. The smallest absolute Gasteiger partial charge is 0.314 e. The number of nitrogen functional groups attached to an aromatic ring is 2. The molecule has 7 N–H and O–H groups in total. The lowest BCUT2D eigenvalue weighted by Gasteiger charge is -2.33. The average molecular weight is 1110 g/mol. The normalized spacial score (nSPS) is 15.2. The summed E-state index contributed by atoms with van der Waals surface area (Å²) in [5.74, 6) is -1.72. The Balaban J connectivity index is 1.26. The van der Waals surface area contributed by atoms with Gasteiger partial charge in [-0.3, -0.25) is 29.0 Å². The lowest BCUT2D eigenvalue weighted by molar-refractivity contribution is -0.150. The molecule has 0 aliphatic carbocycles. The number of aryl methyl sites for hydroxylation is 2. The third-order valence-corrected chi connectivity index (χ3v) is 15.5. The van der Waals surface area contributed by atoms with Crippen molar-refractivity contribution in [3.63, 3.8) is 0 Å². The van der Waals surface area contributed by atoms with Gasteiger partial charge in [0.2, 0.25) is 23.7 Å². The summed E-state index contributed by atoms with van der Waals surface area (Å²) in [7, 11) is 4.70. The van der Waals surface area contributed by atoms with Crippen LogP contribution >= 0.6 is 0 Å². The van der Waals surface area contributed by atoms with Crippen LogP contribution in [-0.4, -0.2) is 179 Å². The zero-order valence-corrected chi connectivity index (χ0v) is 48.8. The van der Waals surface area contributed by atoms with E-state index in [1.54, 1.807) is 12.1 Å². The van der Waals surface area contributed by atoms with Crippen molar-refractivity contribution in [2.75, 3.05) is 122 Å². The minimum atomic E-state index is -1.13. The number of ether oxygens (including phenoxy) is 2. The van der Waals surface area contributed by atoms with Gasteiger partial charge < -0.3 is 51.4 Å². The fraction of sp³-hybridized carbons (Fsp3) is 0.600. The van der Waals surface area contributed by atoms with E-state index in [2.05, 4.69) is 66.2 Å². The number of piperidine rings is 1. The first-order chi connectivity index (χ1) is 38.6. The molecular weight excluding hydrogens is 1010 g/mol. The maximum atomic E-state index is 14.4. The average Bonchev–Trinajstić information content (AvgIpc) is 3.45. The first-order valence-corrected chi connectivity index (χ1v) is 29.0. The molecule has 438 valence electrons. The molecule has 2 atom stereocenters. The monoisotopic (exact) mass is 1110 g/mol. The molecule has 4 heterocycles. The van der Waals surface area contributed by atoms with Gasteiger partial charge in [-0.1, -0.05) is 88.1 Å². The molecule has 2 aliphatic rings. The number of nitrogens with one attached hydrogen (secondary N) is 2. The highest BCUT2D eigenvalue weighted by Crippen LogP contribution is 2.37. The molecule has 0 spiro atoms. The summed E-state index contributed by atoms with van der Waals surface area (Å²) in [5.41, 5.74) is 18.3. The molecule has 2 saturated heterocycles. The second-order valence-electron chi connectivity index (χ2n) is 21.7. The Hall–Kier alpha value is -6.48. The van der Waals surface area contributed by atoms with Crippen LogP contribution < -0.4 is 22.1 Å². The molecule has 2 amide bonds. The molecule has 4 aromatic rings. The number of esters is 2. The van der Waals surface area contributed by atoms with Crippen molar-refractivity contribution in [2.24, 2.45) is 0 Å². The molecule has 80 heavy (non-hydrogen) atoms. The molecule has 2 unspecified atom stereocenters. The number of nitrogens with zero attached hydrogens (tertiary/aromatic N) is 9. The lowest BCUT2D eigenvalue weighted by Crippen LogP contribution is -2.49. The number of likely N-dealkylation sites (N-methyl/N-ethyl adjacent to an activating group) is 1. The highest BCUT2D eigenvalue weighted by Gasteiger charge is 2.39. The van der Waals surface area contributed by atoms with Crippen LogP contribution in [0.5, 0.6) is 0 Å². The van der Waals surface area contributed by atoms with Gasteiger partial charge in [0, 0.05) is 101 Å². The summed E-state index contributed by atoms with van der Waals surface area (Å²) in [4.78, 5) is 85.6. The van der Waals surface area contributed by atoms with E-state index in [1.807, 2.05) is 60.0 Å². The number of hydrogen-bond acceptors (Lipinski definition) is 18. The van der Waals surface area contributed by atoms with Crippen LogP contribution in [0.2, 0.25) is 0 Å². The van der Waals surface area contributed by atoms with Crippen LogP contribution in [0, 0.1) is 13.8 Å². The van der Waals surface area contributed by atoms with E-state index in [0.717, 1.165) is 117 Å². The first kappa shape index (κ1) is 62.7. The van der Waals surface area contributed by atoms with Gasteiger partial charge in [-0.25, -0.2) is 9.97 Å². The second kappa shape index (κ2) is 32.1. The number of methoxy groups -OCH3 is 2. The largest absolute Gasteiger partial charge is 0.469 e. The maximum Gasteiger partial charge on any atom is 0.314 e. The number of unbranched alkanes of at least 4 members (excludes halogenated alkanes) is 4. The summed E-state index contributed by atoms with van der Waals surface area (Å²) in [6.45, 7) is 16.1. The first-order valence-electron chi connectivity index (χ1n) is 29.0. The van der Waals surface area contributed by atoms with Gasteiger partial charge in [-0.2, -0.15) is 9.97 Å². The highest BCUT2D eigenvalue weighted by molar-refractivity contribution is 5.90. The number of aliphatic hydroxyl groups excluding tert-OH is 1. The topological polar surface area (TPSA) is 251 Å². The van der Waals surface area contributed by atoms with Crippen LogP contribution in [0.25, 0.3) is 0 Å². The van der Waals surface area contributed by atoms with Crippen molar-refractivity contribution in [3.05, 3.63) is 93.3 Å². The number of carbonyl (C=O) groups is 4. The van der Waals surface area contributed by atoms with Gasteiger partial charge in [0.05, 0.1) is 45.2 Å². The number of carbonyl (C=O) groups excluding carboxylic acids is 4. The van der Waals surface area contributed by atoms with Crippen molar-refractivity contribution in [3.8, 4) is 0 Å². The van der Waals surface area contributed by atoms with Gasteiger partial charge >= 0.3 is 11.9 Å². The lowest BCUT2D eigenvalue weighted by atomic mass is 9.80. The number of amides is 2. The number of aliphatic hydroxyl groups is 1. The summed E-state index contributed by atoms with van der Waals surface area (Å²) in [6, 6.07) is 14.9. The van der Waals surface area contributed by atoms with Crippen LogP contribution in [0.3, 0.4) is 0 Å². The van der Waals surface area contributed by atoms with E-state index < -0.39 is 23.8 Å². The number of piperazine rings is 1. The Morgan fingerprint density at radius 3 is 1.48 bits per heavy atom. The molecular formula is C60H91N13O7. The molecule has 0 radical (unpaired) electrons. The van der Waals surface area contributed by atoms with Crippen molar-refractivity contribution < 1.29 is 33.8 Å². The minimum Gasteiger partial charge on any atom is -0.469 e. The van der Waals surface area contributed by atoms with Crippen LogP contribution in [0.1, 0.15) is 135 Å². The predicted octanol–water partition coefficient (Wildman–Crippen LogP) is 6.09. The Labute approximate surface area is 474 Å². The summed E-state index contributed by atoms with van der Waals surface area (Å²) in [5, 5.41) is 17.2. The molecule has 2 fully saturated rings. The van der Waals surface area contributed by atoms with E-state index in [1.165, 1.54) is 14.2 Å². The number of aromatic nitrogens is 4. The van der Waals surface area contributed by atoms with E-state index >= 15 is 0 Å². The van der Waals surface area contributed by atoms with Crippen LogP contribution in [-0.2, 0) is 54.6 Å². The second-order valence-corrected chi connectivity index (χ2v) is 21.7. The van der Waals surface area contributed by atoms with E-state index in [-0.39, 0.29) is 56.0 Å². The summed E-state index contributed by atoms with van der Waals surface area (Å²) < 4.78 is 11.0. The van der Waals surface area contributed by atoms with Gasteiger partial charge in [0.1, 0.15) is 11.6 Å². The van der Waals surface area contributed by atoms with Crippen LogP contribution in [0.15, 0.2) is 48.5 Å². The molecule has 20 heteroatoms. The van der Waals surface area contributed by atoms with Crippen molar-refractivity contribution >= 4 is 47.3 Å². The SMILES string of the molecule is CCCCCNc1nc(N)nc(C)c1CCCN(Cc1cccc(C(C(=O)OC)C(C(=O)OC)c2cccc(CN(CCCc3c(C)nc(N)nc3NCCCCC)C(=O)CN3CCN(C)CC3)c2)c1)C(=O)CN1CCC(O)CC1. The Kier molecular flexibility index (Phi) is 25.2. The van der Waals surface area contributed by atoms with Gasteiger partial charge in [-0.05, 0) is 94.5 Å². The number of nitrogens with two attached hydrogens (primary N) is 2. The fourth-order valence-corrected chi connectivity index (χ4v) is 10.8. The quantitative estimate of drug-likeness (QED) is 0.0282. The highest BCUT2D eigenvalue weighted by atomic mass is 16.5. The number of hydrogen-bond donors (Lipinski definition) is 5. The van der Waals surface area contributed by atoms with Gasteiger partial charge in [-0.15, -0.1) is 0 Å². The van der Waals surface area contributed by atoms with E-state index in [4.69, 9.17) is 20.9 Å². The number of rotatable bonds is 31. The molecule has 0 bridgehead atoms. The number of likely N-dealkylation sites (tertiary alicyclic amines) is 1. The molecule has 6 rings (SSSR count). The standard InChI is InChI=1S/C60H91N13O7/c1-8-10-12-26-63-55-49(42(3)65-59(61)67-55)22-16-28-72(51(75)40-70-30-24-48(74)25-31-70)38-44-18-14-20-46(36-44)53(57(77)79-6)54(58(78)80-7)47-21-15-19-45(37-47)39-73(52(76)41-71-34-32-69(5)33-35-71)29-17-23-50-43(4)66-60(62)68-56(50)64-27-13-11-9-2/h14-15,18-21,36-37,48,53-54,74H,8-13,16-17,22-35,38-41H2,1-7H3,(H3,61,63,65,67)(H3,62,64,66,68). The van der Waals surface area contributed by atoms with Crippen molar-refractivity contribution in [2.45, 2.75) is 136 Å². The minimum absolute atomic E-state index is 0.00637. The zero-order chi connectivity index (χ0) is 57.6. The Morgan fingerprint density at radius 2 is 1.06 bits per heavy atom. The van der Waals surface area contributed by atoms with Crippen molar-refractivity contribution in [1.82, 2.24) is 44.4 Å². The maximum absolute atomic E-state index is 14.4. The van der Waals surface area contributed by atoms with Gasteiger partial charge in [0.15, 0.2) is 0 Å².